The van der Waals surface area contributed by atoms with Crippen molar-refractivity contribution in [2.45, 2.75) is 19.4 Å². The number of nitrogens with two attached hydrogens (primary N) is 1. The number of benzene rings is 1. The molecule has 0 aliphatic heterocycles. The van der Waals surface area contributed by atoms with Gasteiger partial charge in [0.15, 0.2) is 0 Å². The van der Waals surface area contributed by atoms with Gasteiger partial charge in [0, 0.05) is 17.1 Å². The number of aromatic nitrogens is 4. The lowest BCUT2D eigenvalue weighted by Crippen LogP contribution is -2.14. The van der Waals surface area contributed by atoms with Gasteiger partial charge >= 0.3 is 0 Å². The molecule has 2 heterocycles. The predicted molar refractivity (Wildman–Crippen MR) is 92.4 cm³/mol. The maximum atomic E-state index is 9.68. The molecule has 0 aliphatic carbocycles. The zero-order valence-corrected chi connectivity index (χ0v) is 14.1. The summed E-state index contributed by atoms with van der Waals surface area (Å²) in [5.74, 6) is 5.92. The molecule has 0 unspecified atom stereocenters. The van der Waals surface area contributed by atoms with Crippen LogP contribution in [0.3, 0.4) is 0 Å². The number of nitrogens with zero attached hydrogens (tertiary/aromatic N) is 3. The van der Waals surface area contributed by atoms with E-state index in [2.05, 4.69) is 47.9 Å². The van der Waals surface area contributed by atoms with E-state index in [-0.39, 0.29) is 5.95 Å². The molecule has 4 N–H and O–H groups in total. The van der Waals surface area contributed by atoms with Crippen LogP contribution in [0.15, 0.2) is 28.9 Å². The van der Waals surface area contributed by atoms with Crippen LogP contribution in [0.2, 0.25) is 0 Å². The second-order valence-corrected chi connectivity index (χ2v) is 6.42. The van der Waals surface area contributed by atoms with Crippen molar-refractivity contribution in [2.75, 3.05) is 5.73 Å². The number of aliphatic hydroxyl groups is 1. The first-order valence-corrected chi connectivity index (χ1v) is 7.65. The quantitative estimate of drug-likeness (QED) is 0.570. The fraction of sp³-hybridized carbons (Fsp3) is 0.188. The summed E-state index contributed by atoms with van der Waals surface area (Å²) >= 11 is 3.41. The Morgan fingerprint density at radius 1 is 1.30 bits per heavy atom. The topological polar surface area (TPSA) is 101 Å². The summed E-state index contributed by atoms with van der Waals surface area (Å²) in [5, 5.41) is 17.9. The first kappa shape index (κ1) is 15.5. The highest BCUT2D eigenvalue weighted by molar-refractivity contribution is 9.10. The van der Waals surface area contributed by atoms with Gasteiger partial charge in [0.2, 0.25) is 5.95 Å². The Bertz CT molecular complexity index is 946. The highest BCUT2D eigenvalue weighted by Gasteiger charge is 2.14. The van der Waals surface area contributed by atoms with Gasteiger partial charge in [-0.25, -0.2) is 9.97 Å². The van der Waals surface area contributed by atoms with Crippen molar-refractivity contribution >= 4 is 32.8 Å². The monoisotopic (exact) mass is 371 g/mol. The van der Waals surface area contributed by atoms with Gasteiger partial charge in [-0.15, -0.1) is 0 Å². The molecule has 0 atom stereocenters. The van der Waals surface area contributed by atoms with Gasteiger partial charge in [-0.05, 0) is 48.0 Å². The standard InChI is InChI=1S/C16H14BrN5O/c1-16(2,23)6-5-9-3-4-10-12(7-9)21-22-13(10)14-11(17)8-19-15(18)20-14/h3-4,7-8,23H,1-2H3,(H,21,22)(H2,18,19,20). The van der Waals surface area contributed by atoms with Gasteiger partial charge in [0.1, 0.15) is 17.0 Å². The van der Waals surface area contributed by atoms with Crippen LogP contribution in [0.1, 0.15) is 19.4 Å². The van der Waals surface area contributed by atoms with Gasteiger partial charge in [0.05, 0.1) is 9.99 Å². The zero-order valence-electron chi connectivity index (χ0n) is 12.6. The third kappa shape index (κ3) is 3.33. The highest BCUT2D eigenvalue weighted by Crippen LogP contribution is 2.30. The van der Waals surface area contributed by atoms with E-state index in [1.54, 1.807) is 20.0 Å². The third-order valence-corrected chi connectivity index (χ3v) is 3.64. The minimum Gasteiger partial charge on any atom is -0.378 e. The summed E-state index contributed by atoms with van der Waals surface area (Å²) < 4.78 is 0.714. The van der Waals surface area contributed by atoms with Crippen LogP contribution in [0.5, 0.6) is 0 Å². The minimum atomic E-state index is -1.03. The predicted octanol–water partition coefficient (Wildman–Crippen LogP) is 2.49. The number of hydrogen-bond donors (Lipinski definition) is 3. The molecule has 0 saturated carbocycles. The number of H-pyrrole nitrogens is 1. The van der Waals surface area contributed by atoms with Gasteiger partial charge in [-0.1, -0.05) is 11.8 Å². The van der Waals surface area contributed by atoms with E-state index in [4.69, 9.17) is 5.73 Å². The lowest BCUT2D eigenvalue weighted by molar-refractivity contribution is 0.143. The largest absolute Gasteiger partial charge is 0.378 e. The summed E-state index contributed by atoms with van der Waals surface area (Å²) in [6.07, 6.45) is 1.60. The molecule has 0 aliphatic rings. The molecule has 3 rings (SSSR count). The lowest BCUT2D eigenvalue weighted by Gasteiger charge is -2.05. The first-order valence-electron chi connectivity index (χ1n) is 6.85. The maximum absolute atomic E-state index is 9.68. The molecule has 3 aromatic rings. The lowest BCUT2D eigenvalue weighted by atomic mass is 10.1. The van der Waals surface area contributed by atoms with E-state index >= 15 is 0 Å². The van der Waals surface area contributed by atoms with E-state index in [1.165, 1.54) is 0 Å². The number of aromatic amines is 1. The molecule has 23 heavy (non-hydrogen) atoms. The number of fused-ring (bicyclic) bond motifs is 1. The Morgan fingerprint density at radius 3 is 2.83 bits per heavy atom. The molecule has 116 valence electrons. The molecule has 0 saturated heterocycles. The first-order chi connectivity index (χ1) is 10.8. The maximum Gasteiger partial charge on any atom is 0.220 e. The molecular weight excluding hydrogens is 358 g/mol. The number of anilines is 1. The summed E-state index contributed by atoms with van der Waals surface area (Å²) in [5.41, 5.74) is 7.55. The number of halogens is 1. The third-order valence-electron chi connectivity index (χ3n) is 3.06. The molecule has 1 aromatic carbocycles. The molecule has 0 bridgehead atoms. The normalized spacial score (nSPS) is 11.3. The van der Waals surface area contributed by atoms with Crippen molar-refractivity contribution in [2.24, 2.45) is 0 Å². The van der Waals surface area contributed by atoms with E-state index in [9.17, 15) is 5.11 Å². The zero-order chi connectivity index (χ0) is 16.6. The van der Waals surface area contributed by atoms with Crippen LogP contribution in [-0.2, 0) is 0 Å². The Hall–Kier alpha value is -2.43. The average molecular weight is 372 g/mol. The Labute approximate surface area is 141 Å². The van der Waals surface area contributed by atoms with Crippen LogP contribution in [0.4, 0.5) is 5.95 Å². The van der Waals surface area contributed by atoms with Gasteiger partial charge < -0.3 is 10.8 Å². The average Bonchev–Trinajstić information content (AvgIpc) is 2.90. The molecule has 7 heteroatoms. The number of rotatable bonds is 1. The Kier molecular flexibility index (Phi) is 3.80. The van der Waals surface area contributed by atoms with Crippen molar-refractivity contribution < 1.29 is 5.11 Å². The number of nitrogen functional groups attached to an aromatic ring is 1. The SMILES string of the molecule is CC(C)(O)C#Cc1ccc2c(-c3nc(N)ncc3Br)n[nH]c2c1. The molecule has 0 spiro atoms. The molecule has 0 amide bonds. The molecule has 0 radical (unpaired) electrons. The van der Waals surface area contributed by atoms with Gasteiger partial charge in [-0.3, -0.25) is 5.10 Å². The Balaban J connectivity index is 2.09. The smallest absolute Gasteiger partial charge is 0.220 e. The van der Waals surface area contributed by atoms with Crippen molar-refractivity contribution in [3.05, 3.63) is 34.4 Å². The van der Waals surface area contributed by atoms with Crippen molar-refractivity contribution in [1.82, 2.24) is 20.2 Å². The number of nitrogens with one attached hydrogen (secondary N) is 1. The fourth-order valence-corrected chi connectivity index (χ4v) is 2.43. The summed E-state index contributed by atoms with van der Waals surface area (Å²) in [6, 6.07) is 5.66. The second-order valence-electron chi connectivity index (χ2n) is 5.57. The van der Waals surface area contributed by atoms with Crippen molar-refractivity contribution in [1.29, 1.82) is 0 Å². The molecular formula is C16H14BrN5O. The molecule has 0 fully saturated rings. The van der Waals surface area contributed by atoms with E-state index < -0.39 is 5.60 Å². The summed E-state index contributed by atoms with van der Waals surface area (Å²) in [7, 11) is 0. The van der Waals surface area contributed by atoms with Gasteiger partial charge in [-0.2, -0.15) is 5.10 Å². The molecule has 6 nitrogen and oxygen atoms in total. The van der Waals surface area contributed by atoms with Crippen LogP contribution in [0.25, 0.3) is 22.3 Å². The van der Waals surface area contributed by atoms with Crippen molar-refractivity contribution in [3.8, 4) is 23.2 Å². The molecule has 2 aromatic heterocycles. The van der Waals surface area contributed by atoms with E-state index in [1.807, 2.05) is 18.2 Å². The second kappa shape index (κ2) is 5.65. The van der Waals surface area contributed by atoms with Crippen molar-refractivity contribution in [3.63, 3.8) is 0 Å². The minimum absolute atomic E-state index is 0.187. The van der Waals surface area contributed by atoms with Crippen LogP contribution in [-0.4, -0.2) is 30.9 Å². The van der Waals surface area contributed by atoms with Crippen LogP contribution < -0.4 is 5.73 Å². The van der Waals surface area contributed by atoms with Crippen LogP contribution in [0, 0.1) is 11.8 Å². The van der Waals surface area contributed by atoms with E-state index in [0.29, 0.717) is 15.9 Å². The summed E-state index contributed by atoms with van der Waals surface area (Å²) in [6.45, 7) is 3.29. The highest BCUT2D eigenvalue weighted by atomic mass is 79.9. The van der Waals surface area contributed by atoms with Gasteiger partial charge in [0.25, 0.3) is 0 Å². The van der Waals surface area contributed by atoms with E-state index in [0.717, 1.165) is 16.5 Å². The summed E-state index contributed by atoms with van der Waals surface area (Å²) in [4.78, 5) is 8.16. The number of hydrogen-bond acceptors (Lipinski definition) is 5. The fourth-order valence-electron chi connectivity index (χ4n) is 2.05. The van der Waals surface area contributed by atoms with Crippen LogP contribution >= 0.6 is 15.9 Å². The Morgan fingerprint density at radius 2 is 2.09 bits per heavy atom.